The Bertz CT molecular complexity index is 1450. The van der Waals surface area contributed by atoms with Crippen molar-refractivity contribution < 1.29 is 28.3 Å². The first-order valence-electron chi connectivity index (χ1n) is 10.6. The van der Waals surface area contributed by atoms with Crippen LogP contribution in [0.15, 0.2) is 62.4 Å². The molecule has 0 aliphatic carbocycles. The predicted octanol–water partition coefficient (Wildman–Crippen LogP) is 2.76. The van der Waals surface area contributed by atoms with Gasteiger partial charge in [0.15, 0.2) is 0 Å². The van der Waals surface area contributed by atoms with E-state index in [4.69, 9.17) is 13.9 Å². The third-order valence-corrected chi connectivity index (χ3v) is 5.55. The van der Waals surface area contributed by atoms with Gasteiger partial charge in [-0.25, -0.2) is 4.79 Å². The largest absolute Gasteiger partial charge is 0.480 e. The highest BCUT2D eigenvalue weighted by molar-refractivity contribution is 6.02. The van der Waals surface area contributed by atoms with E-state index in [2.05, 4.69) is 10.6 Å². The Morgan fingerprint density at radius 1 is 0.941 bits per heavy atom. The number of rotatable bonds is 8. The fourth-order valence-corrected chi connectivity index (χ4v) is 3.78. The zero-order chi connectivity index (χ0) is 24.2. The van der Waals surface area contributed by atoms with Gasteiger partial charge in [-0.3, -0.25) is 14.4 Å². The number of fused-ring (bicyclic) bond motifs is 2. The van der Waals surface area contributed by atoms with Gasteiger partial charge in [-0.15, -0.1) is 0 Å². The number of carboxylic acids is 1. The molecule has 0 saturated carbocycles. The van der Waals surface area contributed by atoms with Crippen LogP contribution in [0.25, 0.3) is 33.1 Å². The second-order valence-electron chi connectivity index (χ2n) is 7.80. The van der Waals surface area contributed by atoms with E-state index >= 15 is 0 Å². The third kappa shape index (κ3) is 4.83. The summed E-state index contributed by atoms with van der Waals surface area (Å²) in [5.41, 5.74) is 3.47. The van der Waals surface area contributed by atoms with Crippen LogP contribution in [-0.2, 0) is 20.8 Å². The minimum Gasteiger partial charge on any atom is -0.480 e. The van der Waals surface area contributed by atoms with Crippen molar-refractivity contribution in [2.45, 2.75) is 19.8 Å². The van der Waals surface area contributed by atoms with Gasteiger partial charge in [0, 0.05) is 34.4 Å². The van der Waals surface area contributed by atoms with Crippen LogP contribution in [0.3, 0.4) is 0 Å². The van der Waals surface area contributed by atoms with Crippen LogP contribution in [-0.4, -0.2) is 36.0 Å². The van der Waals surface area contributed by atoms with Gasteiger partial charge in [0.2, 0.25) is 11.8 Å². The molecule has 0 bridgehead atoms. The summed E-state index contributed by atoms with van der Waals surface area (Å²) >= 11 is 0. The van der Waals surface area contributed by atoms with Gasteiger partial charge in [0.1, 0.15) is 17.7 Å². The van der Waals surface area contributed by atoms with Crippen molar-refractivity contribution >= 4 is 39.7 Å². The van der Waals surface area contributed by atoms with Crippen LogP contribution in [0, 0.1) is 6.92 Å². The minimum absolute atomic E-state index is 0.0352. The van der Waals surface area contributed by atoms with Gasteiger partial charge in [0.25, 0.3) is 0 Å². The van der Waals surface area contributed by atoms with E-state index in [-0.39, 0.29) is 19.4 Å². The molecule has 2 amide bonds. The Kier molecular flexibility index (Phi) is 6.44. The Hall–Kier alpha value is -4.40. The summed E-state index contributed by atoms with van der Waals surface area (Å²) in [7, 11) is 0. The maximum atomic E-state index is 12.6. The molecule has 4 aromatic rings. The molecule has 0 unspecified atom stereocenters. The topological polar surface area (TPSA) is 139 Å². The highest BCUT2D eigenvalue weighted by Crippen LogP contribution is 2.34. The molecular formula is C25H22N2O7. The zero-order valence-electron chi connectivity index (χ0n) is 18.3. The van der Waals surface area contributed by atoms with Crippen LogP contribution in [0.4, 0.5) is 0 Å². The molecule has 2 heterocycles. The van der Waals surface area contributed by atoms with Crippen molar-refractivity contribution in [3.05, 3.63) is 70.3 Å². The summed E-state index contributed by atoms with van der Waals surface area (Å²) in [6.07, 6.45) is 1.76. The average Bonchev–Trinajstić information content (AvgIpc) is 3.23. The normalized spacial score (nSPS) is 11.0. The molecule has 4 rings (SSSR count). The van der Waals surface area contributed by atoms with E-state index in [1.165, 1.54) is 0 Å². The highest BCUT2D eigenvalue weighted by atomic mass is 16.4. The Morgan fingerprint density at radius 3 is 2.41 bits per heavy atom. The predicted molar refractivity (Wildman–Crippen MR) is 124 cm³/mol. The first kappa shape index (κ1) is 22.8. The molecule has 0 fully saturated rings. The average molecular weight is 462 g/mol. The van der Waals surface area contributed by atoms with Crippen molar-refractivity contribution in [2.75, 3.05) is 13.1 Å². The molecule has 9 heteroatoms. The molecule has 0 aliphatic heterocycles. The number of carbonyl (C=O) groups is 3. The molecule has 9 nitrogen and oxygen atoms in total. The fourth-order valence-electron chi connectivity index (χ4n) is 3.78. The van der Waals surface area contributed by atoms with E-state index in [9.17, 15) is 19.2 Å². The van der Waals surface area contributed by atoms with Crippen LogP contribution >= 0.6 is 0 Å². The lowest BCUT2D eigenvalue weighted by Crippen LogP contribution is -2.39. The summed E-state index contributed by atoms with van der Waals surface area (Å²) in [5.74, 6) is -2.24. The van der Waals surface area contributed by atoms with Crippen molar-refractivity contribution in [3.63, 3.8) is 0 Å². The number of hydrogen-bond donors (Lipinski definition) is 3. The number of furan rings is 1. The van der Waals surface area contributed by atoms with Crippen LogP contribution in [0.2, 0.25) is 0 Å². The summed E-state index contributed by atoms with van der Waals surface area (Å²) in [6.45, 7) is 0.931. The van der Waals surface area contributed by atoms with Crippen LogP contribution < -0.4 is 16.3 Å². The Morgan fingerprint density at radius 2 is 1.68 bits per heavy atom. The van der Waals surface area contributed by atoms with Crippen molar-refractivity contribution in [2.24, 2.45) is 0 Å². The maximum absolute atomic E-state index is 12.6. The highest BCUT2D eigenvalue weighted by Gasteiger charge is 2.17. The molecule has 0 aliphatic rings. The maximum Gasteiger partial charge on any atom is 0.339 e. The molecule has 34 heavy (non-hydrogen) atoms. The number of hydrogen-bond acceptors (Lipinski definition) is 6. The third-order valence-electron chi connectivity index (χ3n) is 5.55. The quantitative estimate of drug-likeness (QED) is 0.342. The number of carbonyl (C=O) groups excluding carboxylic acids is 2. The van der Waals surface area contributed by atoms with Gasteiger partial charge >= 0.3 is 11.6 Å². The van der Waals surface area contributed by atoms with Gasteiger partial charge < -0.3 is 24.6 Å². The molecule has 3 N–H and O–H groups in total. The lowest BCUT2D eigenvalue weighted by molar-refractivity contribution is -0.137. The molecule has 0 atom stereocenters. The van der Waals surface area contributed by atoms with Crippen LogP contribution in [0.1, 0.15) is 17.5 Å². The van der Waals surface area contributed by atoms with Gasteiger partial charge in [-0.05, 0) is 30.5 Å². The van der Waals surface area contributed by atoms with E-state index in [0.29, 0.717) is 22.3 Å². The monoisotopic (exact) mass is 462 g/mol. The first-order chi connectivity index (χ1) is 16.3. The fraction of sp³-hybridized carbons (Fsp3) is 0.200. The summed E-state index contributed by atoms with van der Waals surface area (Å²) in [6, 6.07) is 13.4. The van der Waals surface area contributed by atoms with E-state index in [1.807, 2.05) is 36.4 Å². The van der Waals surface area contributed by atoms with E-state index < -0.39 is 30.0 Å². The van der Waals surface area contributed by atoms with Gasteiger partial charge in [-0.1, -0.05) is 30.3 Å². The summed E-state index contributed by atoms with van der Waals surface area (Å²) in [4.78, 5) is 46.7. The SMILES string of the molecule is Cc1c(CCC(=O)NCC(=O)NCC(=O)O)c(=O)oc2cc3occ(-c4ccccc4)c3cc12. The second kappa shape index (κ2) is 9.62. The summed E-state index contributed by atoms with van der Waals surface area (Å²) < 4.78 is 11.2. The number of aryl methyl sites for hydroxylation is 1. The van der Waals surface area contributed by atoms with Crippen molar-refractivity contribution in [1.82, 2.24) is 10.6 Å². The number of carboxylic acid groups (broad SMARTS) is 1. The first-order valence-corrected chi connectivity index (χ1v) is 10.6. The Balaban J connectivity index is 1.54. The number of benzene rings is 2. The molecule has 174 valence electrons. The number of nitrogens with one attached hydrogen (secondary N) is 2. The van der Waals surface area contributed by atoms with E-state index in [1.54, 1.807) is 19.3 Å². The van der Waals surface area contributed by atoms with Gasteiger partial charge in [-0.2, -0.15) is 0 Å². The zero-order valence-corrected chi connectivity index (χ0v) is 18.3. The molecule has 0 saturated heterocycles. The number of amides is 2. The molecular weight excluding hydrogens is 440 g/mol. The lowest BCUT2D eigenvalue weighted by atomic mass is 9.99. The standard InChI is InChI=1S/C25H22N2O7/c1-14-16(7-8-22(28)26-11-23(29)27-12-24(30)31)25(32)34-21-10-20-18(9-17(14)21)19(13-33-20)15-5-3-2-4-6-15/h2-6,9-10,13H,7-8,11-12H2,1H3,(H,26,28)(H,27,29)(H,30,31). The number of aliphatic carboxylic acids is 1. The second-order valence-corrected chi connectivity index (χ2v) is 7.80. The smallest absolute Gasteiger partial charge is 0.339 e. The van der Waals surface area contributed by atoms with Crippen LogP contribution in [0.5, 0.6) is 0 Å². The molecule has 2 aromatic carbocycles. The van der Waals surface area contributed by atoms with Gasteiger partial charge in [0.05, 0.1) is 12.8 Å². The lowest BCUT2D eigenvalue weighted by Gasteiger charge is -2.09. The summed E-state index contributed by atoms with van der Waals surface area (Å²) in [5, 5.41) is 14.7. The van der Waals surface area contributed by atoms with Crippen molar-refractivity contribution in [3.8, 4) is 11.1 Å². The Labute approximate surface area is 193 Å². The minimum atomic E-state index is -1.18. The van der Waals surface area contributed by atoms with Crippen molar-refractivity contribution in [1.29, 1.82) is 0 Å². The molecule has 2 aromatic heterocycles. The molecule has 0 radical (unpaired) electrons. The molecule has 0 spiro atoms. The van der Waals surface area contributed by atoms with E-state index in [0.717, 1.165) is 21.9 Å².